The maximum absolute atomic E-state index is 12.8. The van der Waals surface area contributed by atoms with Crippen molar-refractivity contribution in [3.63, 3.8) is 0 Å². The van der Waals surface area contributed by atoms with Crippen molar-refractivity contribution in [3.05, 3.63) is 35.4 Å². The van der Waals surface area contributed by atoms with Gasteiger partial charge in [0.25, 0.3) is 0 Å². The molecule has 1 saturated carbocycles. The molecule has 3 rings (SSSR count). The molecular weight excluding hydrogens is 406 g/mol. The van der Waals surface area contributed by atoms with Crippen molar-refractivity contribution in [2.24, 2.45) is 4.99 Å². The Morgan fingerprint density at radius 1 is 1.27 bits per heavy atom. The molecule has 0 amide bonds. The molecule has 1 aromatic carbocycles. The van der Waals surface area contributed by atoms with E-state index in [1.807, 2.05) is 0 Å². The molecule has 22 heavy (non-hydrogen) atoms. The number of halogens is 4. The predicted octanol–water partition coefficient (Wildman–Crippen LogP) is 3.29. The first-order chi connectivity index (χ1) is 10.00. The summed E-state index contributed by atoms with van der Waals surface area (Å²) in [6.07, 6.45) is -1.44. The van der Waals surface area contributed by atoms with Gasteiger partial charge < -0.3 is 10.6 Å². The van der Waals surface area contributed by atoms with Gasteiger partial charge in [-0.15, -0.1) is 24.0 Å². The van der Waals surface area contributed by atoms with Gasteiger partial charge in [-0.25, -0.2) is 0 Å². The lowest BCUT2D eigenvalue weighted by Crippen LogP contribution is -2.43. The lowest BCUT2D eigenvalue weighted by atomic mass is 9.94. The van der Waals surface area contributed by atoms with E-state index < -0.39 is 11.7 Å². The van der Waals surface area contributed by atoms with Crippen LogP contribution in [-0.2, 0) is 11.6 Å². The smallest absolute Gasteiger partial charge is 0.356 e. The number of alkyl halides is 3. The van der Waals surface area contributed by atoms with Crippen LogP contribution in [0.25, 0.3) is 0 Å². The highest BCUT2D eigenvalue weighted by molar-refractivity contribution is 14.0. The Kier molecular flexibility index (Phi) is 5.24. The third kappa shape index (κ3) is 3.85. The van der Waals surface area contributed by atoms with Crippen LogP contribution in [0.4, 0.5) is 13.2 Å². The Bertz CT molecular complexity index is 553. The summed E-state index contributed by atoms with van der Waals surface area (Å²) in [5, 5.41) is 6.40. The van der Waals surface area contributed by atoms with Crippen LogP contribution in [0.2, 0.25) is 0 Å². The van der Waals surface area contributed by atoms with Crippen molar-refractivity contribution in [1.29, 1.82) is 0 Å². The summed E-state index contributed by atoms with van der Waals surface area (Å²) in [6, 6.07) is 5.69. The predicted molar refractivity (Wildman–Crippen MR) is 90.7 cm³/mol. The molecule has 0 saturated heterocycles. The minimum atomic E-state index is -4.28. The normalized spacial score (nSPS) is 19.5. The second-order valence-electron chi connectivity index (χ2n) is 5.72. The van der Waals surface area contributed by atoms with E-state index in [0.29, 0.717) is 6.54 Å². The summed E-state index contributed by atoms with van der Waals surface area (Å²) in [7, 11) is 0. The first-order valence-corrected chi connectivity index (χ1v) is 7.20. The van der Waals surface area contributed by atoms with Gasteiger partial charge in [-0.3, -0.25) is 4.99 Å². The lowest BCUT2D eigenvalue weighted by molar-refractivity contribution is -0.137. The molecule has 0 radical (unpaired) electrons. The van der Waals surface area contributed by atoms with Gasteiger partial charge in [-0.2, -0.15) is 13.2 Å². The number of rotatable bonds is 3. The Morgan fingerprint density at radius 3 is 2.64 bits per heavy atom. The summed E-state index contributed by atoms with van der Waals surface area (Å²) in [4.78, 5) is 4.33. The minimum absolute atomic E-state index is 0. The molecule has 0 atom stereocenters. The number of nitrogens with one attached hydrogen (secondary N) is 2. The highest BCUT2D eigenvalue weighted by Gasteiger charge is 2.45. The Morgan fingerprint density at radius 2 is 2.05 bits per heavy atom. The minimum Gasteiger partial charge on any atom is -0.356 e. The number of hydrogen-bond acceptors (Lipinski definition) is 3. The zero-order valence-electron chi connectivity index (χ0n) is 12.0. The van der Waals surface area contributed by atoms with E-state index in [2.05, 4.69) is 15.6 Å². The van der Waals surface area contributed by atoms with Crippen LogP contribution in [0.1, 0.15) is 30.4 Å². The van der Waals surface area contributed by atoms with Gasteiger partial charge in [0.05, 0.1) is 5.56 Å². The highest BCUT2D eigenvalue weighted by Crippen LogP contribution is 2.48. The average Bonchev–Trinajstić information content (AvgIpc) is 3.27. The molecule has 0 unspecified atom stereocenters. The monoisotopic (exact) mass is 425 g/mol. The molecule has 122 valence electrons. The molecular formula is C15H19F3IN3. The van der Waals surface area contributed by atoms with E-state index >= 15 is 0 Å². The quantitative estimate of drug-likeness (QED) is 0.730. The lowest BCUT2D eigenvalue weighted by Gasteiger charge is -2.21. The molecule has 3 nitrogen and oxygen atoms in total. The fourth-order valence-corrected chi connectivity index (χ4v) is 2.65. The maximum atomic E-state index is 12.8. The standard InChI is InChI=1S/C15H18F3N3.HI/c16-15(17,18)12-4-1-3-11(9-12)14(5-6-14)10-21-13-19-7-2-8-20-13;/h1,3-4,9H,2,5-8,10H2,(H2,19,20,21);1H. The number of aliphatic imine (C=N–C) groups is 1. The van der Waals surface area contributed by atoms with Crippen LogP contribution in [0.5, 0.6) is 0 Å². The van der Waals surface area contributed by atoms with Crippen LogP contribution < -0.4 is 10.6 Å². The van der Waals surface area contributed by atoms with E-state index in [1.54, 1.807) is 6.07 Å². The van der Waals surface area contributed by atoms with Crippen molar-refractivity contribution in [3.8, 4) is 0 Å². The Balaban J connectivity index is 0.00000176. The fourth-order valence-electron chi connectivity index (χ4n) is 2.65. The van der Waals surface area contributed by atoms with Crippen molar-refractivity contribution in [1.82, 2.24) is 10.6 Å². The topological polar surface area (TPSA) is 36.4 Å². The van der Waals surface area contributed by atoms with Gasteiger partial charge >= 0.3 is 6.18 Å². The van der Waals surface area contributed by atoms with Crippen molar-refractivity contribution >= 4 is 29.9 Å². The molecule has 2 aliphatic rings. The summed E-state index contributed by atoms with van der Waals surface area (Å²) < 4.78 is 38.4. The van der Waals surface area contributed by atoms with Gasteiger partial charge in [0, 0.05) is 25.0 Å². The van der Waals surface area contributed by atoms with Gasteiger partial charge in [-0.1, -0.05) is 18.2 Å². The molecule has 0 spiro atoms. The van der Waals surface area contributed by atoms with Crippen molar-refractivity contribution in [2.45, 2.75) is 30.9 Å². The number of hydrogen-bond donors (Lipinski definition) is 2. The van der Waals surface area contributed by atoms with Gasteiger partial charge in [0.2, 0.25) is 0 Å². The molecule has 1 heterocycles. The van der Waals surface area contributed by atoms with Crippen LogP contribution in [-0.4, -0.2) is 25.6 Å². The first kappa shape index (κ1) is 17.4. The summed E-state index contributed by atoms with van der Waals surface area (Å²) in [5.41, 5.74) is 0.0174. The van der Waals surface area contributed by atoms with Gasteiger partial charge in [0.1, 0.15) is 0 Å². The van der Waals surface area contributed by atoms with Crippen LogP contribution in [0.15, 0.2) is 29.3 Å². The van der Waals surface area contributed by atoms with E-state index in [-0.39, 0.29) is 29.4 Å². The zero-order chi connectivity index (χ0) is 14.9. The van der Waals surface area contributed by atoms with Crippen molar-refractivity contribution < 1.29 is 13.2 Å². The molecule has 1 aliphatic heterocycles. The number of benzene rings is 1. The Hall–Kier alpha value is -0.990. The van der Waals surface area contributed by atoms with E-state index in [0.717, 1.165) is 49.9 Å². The zero-order valence-corrected chi connectivity index (χ0v) is 14.4. The third-order valence-corrected chi connectivity index (χ3v) is 4.15. The number of guanidine groups is 1. The SMILES string of the molecule is FC(F)(F)c1cccc(C2(CNC3=NCCCN3)CC2)c1.I. The average molecular weight is 425 g/mol. The molecule has 0 aromatic heterocycles. The molecule has 0 bridgehead atoms. The summed E-state index contributed by atoms with van der Waals surface area (Å²) in [5.74, 6) is 0.763. The molecule has 2 N–H and O–H groups in total. The Labute approximate surface area is 144 Å². The fraction of sp³-hybridized carbons (Fsp3) is 0.533. The summed E-state index contributed by atoms with van der Waals surface area (Å²) >= 11 is 0. The van der Waals surface area contributed by atoms with Crippen molar-refractivity contribution in [2.75, 3.05) is 19.6 Å². The highest BCUT2D eigenvalue weighted by atomic mass is 127. The summed E-state index contributed by atoms with van der Waals surface area (Å²) in [6.45, 7) is 2.31. The van der Waals surface area contributed by atoms with E-state index in [4.69, 9.17) is 0 Å². The first-order valence-electron chi connectivity index (χ1n) is 7.20. The van der Waals surface area contributed by atoms with Crippen LogP contribution >= 0.6 is 24.0 Å². The van der Waals surface area contributed by atoms with E-state index in [9.17, 15) is 13.2 Å². The third-order valence-electron chi connectivity index (χ3n) is 4.15. The maximum Gasteiger partial charge on any atom is 0.416 e. The molecule has 1 aromatic rings. The van der Waals surface area contributed by atoms with Gasteiger partial charge in [-0.05, 0) is 30.9 Å². The largest absolute Gasteiger partial charge is 0.416 e. The molecule has 1 fully saturated rings. The van der Waals surface area contributed by atoms with Crippen LogP contribution in [0, 0.1) is 0 Å². The molecule has 7 heteroatoms. The molecule has 1 aliphatic carbocycles. The van der Waals surface area contributed by atoms with E-state index in [1.165, 1.54) is 12.1 Å². The van der Waals surface area contributed by atoms with Crippen LogP contribution in [0.3, 0.4) is 0 Å². The van der Waals surface area contributed by atoms with Gasteiger partial charge in [0.15, 0.2) is 5.96 Å². The second-order valence-corrected chi connectivity index (χ2v) is 5.72. The number of nitrogens with zero attached hydrogens (tertiary/aromatic N) is 1. The second kappa shape index (κ2) is 6.64.